The summed E-state index contributed by atoms with van der Waals surface area (Å²) in [6.45, 7) is 9.38. The van der Waals surface area contributed by atoms with Crippen LogP contribution in [0.25, 0.3) is 11.0 Å². The standard InChI is InChI=1S/C35H49N7O4/c1-6-12-23(4)32(43)40-30(13-7-2)33(44)36-18-11-19-42-21-25-20-24(16-17-27(25)37-26(8-3)35(42)46)34(45)41(5)22-31-38-28-14-9-10-15-29(28)39-31/h9-10,14-17,20,23,26,30,37H,6-8,11-13,18-19,21-22H2,1-5H3,(H,36,44)(H,38,39)(H,40,43)/t23-,26-,30-/m0/s1. The number of nitrogens with one attached hydrogen (secondary N) is 4. The summed E-state index contributed by atoms with van der Waals surface area (Å²) >= 11 is 0. The zero-order valence-electron chi connectivity index (χ0n) is 27.8. The average Bonchev–Trinajstić information content (AvgIpc) is 3.40. The van der Waals surface area contributed by atoms with Crippen LogP contribution in [0.15, 0.2) is 42.5 Å². The maximum Gasteiger partial charge on any atom is 0.254 e. The molecule has 248 valence electrons. The van der Waals surface area contributed by atoms with E-state index in [1.165, 1.54) is 0 Å². The number of nitrogens with zero attached hydrogens (tertiary/aromatic N) is 3. The van der Waals surface area contributed by atoms with Crippen molar-refractivity contribution in [1.29, 1.82) is 0 Å². The van der Waals surface area contributed by atoms with Crippen molar-refractivity contribution >= 4 is 40.3 Å². The van der Waals surface area contributed by atoms with Crippen LogP contribution in [-0.2, 0) is 27.5 Å². The number of hydrogen-bond acceptors (Lipinski definition) is 6. The van der Waals surface area contributed by atoms with Crippen molar-refractivity contribution in [1.82, 2.24) is 30.4 Å². The van der Waals surface area contributed by atoms with E-state index in [0.717, 1.165) is 41.5 Å². The van der Waals surface area contributed by atoms with Gasteiger partial charge in [-0.2, -0.15) is 0 Å². The molecule has 3 atom stereocenters. The maximum absolute atomic E-state index is 13.5. The Morgan fingerprint density at radius 3 is 2.54 bits per heavy atom. The number of H-pyrrole nitrogens is 1. The van der Waals surface area contributed by atoms with Crippen LogP contribution in [0.2, 0.25) is 0 Å². The highest BCUT2D eigenvalue weighted by Crippen LogP contribution is 2.26. The van der Waals surface area contributed by atoms with Crippen molar-refractivity contribution < 1.29 is 19.2 Å². The lowest BCUT2D eigenvalue weighted by molar-refractivity contribution is -0.132. The van der Waals surface area contributed by atoms with Gasteiger partial charge in [-0.3, -0.25) is 19.2 Å². The van der Waals surface area contributed by atoms with Crippen LogP contribution in [-0.4, -0.2) is 75.6 Å². The number of rotatable bonds is 15. The molecule has 0 aliphatic carbocycles. The van der Waals surface area contributed by atoms with Gasteiger partial charge in [-0.25, -0.2) is 4.98 Å². The van der Waals surface area contributed by atoms with Crippen molar-refractivity contribution in [2.24, 2.45) is 5.92 Å². The van der Waals surface area contributed by atoms with Crippen LogP contribution in [0.3, 0.4) is 0 Å². The number of anilines is 1. The summed E-state index contributed by atoms with van der Waals surface area (Å²) in [4.78, 5) is 63.6. The first-order chi connectivity index (χ1) is 22.1. The summed E-state index contributed by atoms with van der Waals surface area (Å²) < 4.78 is 0. The second kappa shape index (κ2) is 16.2. The van der Waals surface area contributed by atoms with Gasteiger partial charge in [0.05, 0.1) is 17.6 Å². The second-order valence-corrected chi connectivity index (χ2v) is 12.3. The summed E-state index contributed by atoms with van der Waals surface area (Å²) in [6, 6.07) is 12.3. The second-order valence-electron chi connectivity index (χ2n) is 12.3. The first kappa shape index (κ1) is 34.5. The van der Waals surface area contributed by atoms with E-state index in [2.05, 4.69) is 25.9 Å². The quantitative estimate of drug-likeness (QED) is 0.181. The molecule has 46 heavy (non-hydrogen) atoms. The Bertz CT molecular complexity index is 1490. The highest BCUT2D eigenvalue weighted by molar-refractivity contribution is 5.95. The Morgan fingerprint density at radius 2 is 1.83 bits per heavy atom. The lowest BCUT2D eigenvalue weighted by Gasteiger charge is -2.24. The number of carbonyl (C=O) groups excluding carboxylic acids is 4. The highest BCUT2D eigenvalue weighted by atomic mass is 16.2. The Kier molecular flexibility index (Phi) is 12.2. The molecule has 4 N–H and O–H groups in total. The minimum Gasteiger partial charge on any atom is -0.373 e. The molecule has 1 aliphatic rings. The van der Waals surface area contributed by atoms with Crippen molar-refractivity contribution in [3.63, 3.8) is 0 Å². The Morgan fingerprint density at radius 1 is 1.07 bits per heavy atom. The molecule has 3 aromatic rings. The SMILES string of the molecule is CCC[C@H](NC(=O)[C@@H](C)CCC)C(=O)NCCCN1Cc2cc(C(=O)N(C)Cc3nc4ccccc4[nH]3)ccc2N[C@@H](CC)C1=O. The number of benzene rings is 2. The Hall–Kier alpha value is -4.41. The molecule has 1 aliphatic heterocycles. The van der Waals surface area contributed by atoms with Crippen LogP contribution in [0.5, 0.6) is 0 Å². The van der Waals surface area contributed by atoms with Crippen molar-refractivity contribution in [2.75, 3.05) is 25.5 Å². The van der Waals surface area contributed by atoms with Crippen molar-refractivity contribution in [3.05, 3.63) is 59.4 Å². The Labute approximate surface area is 271 Å². The van der Waals surface area contributed by atoms with Gasteiger partial charge in [0.15, 0.2) is 0 Å². The monoisotopic (exact) mass is 631 g/mol. The van der Waals surface area contributed by atoms with Crippen molar-refractivity contribution in [2.45, 2.75) is 91.4 Å². The third-order valence-corrected chi connectivity index (χ3v) is 8.52. The molecule has 11 nitrogen and oxygen atoms in total. The fourth-order valence-corrected chi connectivity index (χ4v) is 5.86. The average molecular weight is 632 g/mol. The Balaban J connectivity index is 1.37. The molecule has 0 spiro atoms. The van der Waals surface area contributed by atoms with Gasteiger partial charge in [-0.1, -0.05) is 52.7 Å². The molecule has 2 heterocycles. The van der Waals surface area contributed by atoms with E-state index >= 15 is 0 Å². The highest BCUT2D eigenvalue weighted by Gasteiger charge is 2.29. The first-order valence-corrected chi connectivity index (χ1v) is 16.6. The zero-order valence-corrected chi connectivity index (χ0v) is 27.8. The topological polar surface area (TPSA) is 140 Å². The lowest BCUT2D eigenvalue weighted by Crippen LogP contribution is -2.48. The van der Waals surface area contributed by atoms with Gasteiger partial charge in [0, 0.05) is 43.9 Å². The maximum atomic E-state index is 13.5. The minimum atomic E-state index is -0.571. The van der Waals surface area contributed by atoms with Gasteiger partial charge in [-0.15, -0.1) is 0 Å². The molecule has 0 saturated carbocycles. The molecule has 0 bridgehead atoms. The fraction of sp³-hybridized carbons (Fsp3) is 0.514. The van der Waals surface area contributed by atoms with Gasteiger partial charge in [0.2, 0.25) is 17.7 Å². The number of carbonyl (C=O) groups is 4. The summed E-state index contributed by atoms with van der Waals surface area (Å²) in [6.07, 6.45) is 4.19. The number of fused-ring (bicyclic) bond motifs is 2. The predicted octanol–water partition coefficient (Wildman–Crippen LogP) is 4.60. The van der Waals surface area contributed by atoms with Crippen molar-refractivity contribution in [3.8, 4) is 0 Å². The van der Waals surface area contributed by atoms with Crippen LogP contribution in [0.1, 0.15) is 88.0 Å². The van der Waals surface area contributed by atoms with Crippen LogP contribution < -0.4 is 16.0 Å². The molecule has 1 aromatic heterocycles. The number of aromatic nitrogens is 2. The van der Waals surface area contributed by atoms with E-state index in [9.17, 15) is 19.2 Å². The predicted molar refractivity (Wildman–Crippen MR) is 180 cm³/mol. The summed E-state index contributed by atoms with van der Waals surface area (Å²) in [5, 5.41) is 9.24. The molecular formula is C35H49N7O4. The van der Waals surface area contributed by atoms with Crippen LogP contribution >= 0.6 is 0 Å². The summed E-state index contributed by atoms with van der Waals surface area (Å²) in [7, 11) is 1.75. The van der Waals surface area contributed by atoms with Gasteiger partial charge >= 0.3 is 0 Å². The third-order valence-electron chi connectivity index (χ3n) is 8.52. The van der Waals surface area contributed by atoms with Crippen LogP contribution in [0, 0.1) is 5.92 Å². The van der Waals surface area contributed by atoms with E-state index < -0.39 is 6.04 Å². The van der Waals surface area contributed by atoms with E-state index in [-0.39, 0.29) is 35.6 Å². The van der Waals surface area contributed by atoms with Gasteiger partial charge in [0.25, 0.3) is 5.91 Å². The fourth-order valence-electron chi connectivity index (χ4n) is 5.86. The largest absolute Gasteiger partial charge is 0.373 e. The number of imidazole rings is 1. The van der Waals surface area contributed by atoms with E-state index in [4.69, 9.17) is 0 Å². The third kappa shape index (κ3) is 8.64. The van der Waals surface area contributed by atoms with E-state index in [1.54, 1.807) is 22.9 Å². The van der Waals surface area contributed by atoms with E-state index in [1.807, 2.05) is 64.1 Å². The van der Waals surface area contributed by atoms with E-state index in [0.29, 0.717) is 56.8 Å². The first-order valence-electron chi connectivity index (χ1n) is 16.6. The van der Waals surface area contributed by atoms with Gasteiger partial charge < -0.3 is 30.7 Å². The molecule has 0 radical (unpaired) electrons. The molecule has 2 aromatic carbocycles. The molecular weight excluding hydrogens is 582 g/mol. The molecule has 11 heteroatoms. The number of para-hydroxylation sites is 2. The molecule has 4 amide bonds. The molecule has 0 unspecified atom stereocenters. The molecule has 4 rings (SSSR count). The summed E-state index contributed by atoms with van der Waals surface area (Å²) in [5.74, 6) is 0.119. The number of aromatic amines is 1. The zero-order chi connectivity index (χ0) is 33.2. The lowest BCUT2D eigenvalue weighted by atomic mass is 10.0. The normalized spacial score (nSPS) is 15.8. The number of amides is 4. The van der Waals surface area contributed by atoms with Gasteiger partial charge in [-0.05, 0) is 61.6 Å². The molecule has 0 saturated heterocycles. The summed E-state index contributed by atoms with van der Waals surface area (Å²) in [5.41, 5.74) is 4.01. The minimum absolute atomic E-state index is 0.0130. The molecule has 0 fully saturated rings. The number of hydrogen-bond donors (Lipinski definition) is 4. The van der Waals surface area contributed by atoms with Crippen LogP contribution in [0.4, 0.5) is 5.69 Å². The van der Waals surface area contributed by atoms with Gasteiger partial charge in [0.1, 0.15) is 17.9 Å². The smallest absolute Gasteiger partial charge is 0.254 e.